The zero-order valence-electron chi connectivity index (χ0n) is 15.9. The normalized spacial score (nSPS) is 10.7. The van der Waals surface area contributed by atoms with Crippen molar-refractivity contribution in [3.63, 3.8) is 0 Å². The number of hydrogen-bond donors (Lipinski definition) is 0. The Kier molecular flexibility index (Phi) is 5.74. The summed E-state index contributed by atoms with van der Waals surface area (Å²) in [5.41, 5.74) is 3.60. The highest BCUT2D eigenvalue weighted by Gasteiger charge is 2.23. The predicted octanol–water partition coefficient (Wildman–Crippen LogP) is 6.68. The minimum Gasteiger partial charge on any atom is -0.274 e. The van der Waals surface area contributed by atoms with Gasteiger partial charge in [-0.05, 0) is 30.7 Å². The fraction of sp³-hybridized carbons (Fsp3) is 0.0833. The Morgan fingerprint density at radius 1 is 0.966 bits per heavy atom. The van der Waals surface area contributed by atoms with E-state index in [0.717, 1.165) is 21.7 Å². The molecule has 0 aliphatic rings. The van der Waals surface area contributed by atoms with Crippen LogP contribution in [0.4, 0.5) is 10.8 Å². The summed E-state index contributed by atoms with van der Waals surface area (Å²) >= 11 is 7.73. The molecule has 0 spiro atoms. The molecule has 0 saturated heterocycles. The molecule has 144 valence electrons. The van der Waals surface area contributed by atoms with Gasteiger partial charge in [0.25, 0.3) is 0 Å². The number of nitrogens with zero attached hydrogens (tertiary/aromatic N) is 2. The monoisotopic (exact) mass is 418 g/mol. The Bertz CT molecular complexity index is 1130. The molecular weight excluding hydrogens is 400 g/mol. The quantitative estimate of drug-likeness (QED) is 0.362. The molecule has 0 bridgehead atoms. The van der Waals surface area contributed by atoms with E-state index in [1.54, 1.807) is 17.0 Å². The summed E-state index contributed by atoms with van der Waals surface area (Å²) in [6.07, 6.45) is 0.284. The van der Waals surface area contributed by atoms with Gasteiger partial charge in [0, 0.05) is 15.5 Å². The lowest BCUT2D eigenvalue weighted by Crippen LogP contribution is -2.27. The summed E-state index contributed by atoms with van der Waals surface area (Å²) < 4.78 is 0. The maximum absolute atomic E-state index is 13.3. The topological polar surface area (TPSA) is 33.2 Å². The van der Waals surface area contributed by atoms with E-state index in [4.69, 9.17) is 16.6 Å². The molecule has 4 rings (SSSR count). The van der Waals surface area contributed by atoms with Gasteiger partial charge < -0.3 is 0 Å². The third-order valence-corrected chi connectivity index (χ3v) is 5.73. The Hall–Kier alpha value is -2.95. The molecular formula is C24H19ClN2OS. The van der Waals surface area contributed by atoms with Crippen molar-refractivity contribution in [2.24, 2.45) is 0 Å². The number of carbonyl (C=O) groups is 1. The van der Waals surface area contributed by atoms with Crippen LogP contribution in [0.15, 0.2) is 84.9 Å². The van der Waals surface area contributed by atoms with Gasteiger partial charge in [-0.3, -0.25) is 9.69 Å². The van der Waals surface area contributed by atoms with Crippen LogP contribution in [0.3, 0.4) is 0 Å². The Morgan fingerprint density at radius 3 is 2.34 bits per heavy atom. The molecule has 3 aromatic carbocycles. The van der Waals surface area contributed by atoms with E-state index in [1.165, 1.54) is 11.3 Å². The number of carbonyl (C=O) groups excluding carboxylic acids is 1. The minimum atomic E-state index is -0.0492. The summed E-state index contributed by atoms with van der Waals surface area (Å²) in [5, 5.41) is 1.22. The van der Waals surface area contributed by atoms with Gasteiger partial charge in [-0.1, -0.05) is 78.3 Å². The summed E-state index contributed by atoms with van der Waals surface area (Å²) in [5.74, 6) is -0.0492. The number of aromatic nitrogens is 1. The summed E-state index contributed by atoms with van der Waals surface area (Å²) in [7, 11) is 0. The van der Waals surface area contributed by atoms with Crippen LogP contribution in [0.2, 0.25) is 5.02 Å². The van der Waals surface area contributed by atoms with Gasteiger partial charge in [0.1, 0.15) is 0 Å². The molecule has 5 heteroatoms. The number of hydrogen-bond acceptors (Lipinski definition) is 3. The van der Waals surface area contributed by atoms with Gasteiger partial charge in [0.15, 0.2) is 5.13 Å². The Morgan fingerprint density at radius 2 is 1.66 bits per heavy atom. The molecule has 0 atom stereocenters. The maximum Gasteiger partial charge on any atom is 0.237 e. The lowest BCUT2D eigenvalue weighted by molar-refractivity contribution is -0.117. The largest absolute Gasteiger partial charge is 0.274 e. The second-order valence-electron chi connectivity index (χ2n) is 6.64. The molecule has 1 amide bonds. The number of rotatable bonds is 5. The highest BCUT2D eigenvalue weighted by molar-refractivity contribution is 7.16. The average molecular weight is 419 g/mol. The zero-order chi connectivity index (χ0) is 20.2. The summed E-state index contributed by atoms with van der Waals surface area (Å²) in [6.45, 7) is 2.03. The van der Waals surface area contributed by atoms with E-state index in [9.17, 15) is 4.79 Å². The number of halogens is 1. The molecule has 0 aliphatic heterocycles. The first kappa shape index (κ1) is 19.4. The van der Waals surface area contributed by atoms with Gasteiger partial charge in [0.2, 0.25) is 5.91 Å². The molecule has 0 unspecified atom stereocenters. The summed E-state index contributed by atoms with van der Waals surface area (Å²) in [6, 6.07) is 27.1. The number of benzene rings is 3. The molecule has 29 heavy (non-hydrogen) atoms. The van der Waals surface area contributed by atoms with Crippen molar-refractivity contribution in [2.45, 2.75) is 13.3 Å². The number of anilines is 2. The first-order valence-corrected chi connectivity index (χ1v) is 10.5. The predicted molar refractivity (Wildman–Crippen MR) is 121 cm³/mol. The summed E-state index contributed by atoms with van der Waals surface area (Å²) in [4.78, 5) is 20.9. The van der Waals surface area contributed by atoms with Crippen molar-refractivity contribution in [1.29, 1.82) is 0 Å². The smallest absolute Gasteiger partial charge is 0.237 e. The Balaban J connectivity index is 1.76. The fourth-order valence-corrected chi connectivity index (χ4v) is 4.32. The molecule has 0 fully saturated rings. The van der Waals surface area contributed by atoms with Gasteiger partial charge >= 0.3 is 0 Å². The van der Waals surface area contributed by atoms with Crippen molar-refractivity contribution in [2.75, 3.05) is 4.90 Å². The molecule has 0 aliphatic carbocycles. The lowest BCUT2D eigenvalue weighted by atomic mass is 10.1. The van der Waals surface area contributed by atoms with Crippen LogP contribution >= 0.6 is 22.9 Å². The van der Waals surface area contributed by atoms with Crippen LogP contribution in [0.5, 0.6) is 0 Å². The standard InChI is InChI=1S/C24H19ClN2OS/c1-17-23(19-11-6-3-7-12-19)26-24(29-17)27(21-14-8-13-20(25)16-21)22(28)15-18-9-4-2-5-10-18/h2-14,16H,15H2,1H3. The van der Waals surface area contributed by atoms with Crippen molar-refractivity contribution in [3.8, 4) is 11.3 Å². The fourth-order valence-electron chi connectivity index (χ4n) is 3.17. The SMILES string of the molecule is Cc1sc(N(C(=O)Cc2ccccc2)c2cccc(Cl)c2)nc1-c1ccccc1. The number of amides is 1. The van der Waals surface area contributed by atoms with Crippen LogP contribution < -0.4 is 4.90 Å². The third-order valence-electron chi connectivity index (χ3n) is 4.54. The van der Waals surface area contributed by atoms with Crippen LogP contribution in [-0.4, -0.2) is 10.9 Å². The van der Waals surface area contributed by atoms with Gasteiger partial charge in [-0.2, -0.15) is 0 Å². The van der Waals surface area contributed by atoms with E-state index in [2.05, 4.69) is 0 Å². The minimum absolute atomic E-state index is 0.0492. The second kappa shape index (κ2) is 8.60. The van der Waals surface area contributed by atoms with Crippen LogP contribution in [0.1, 0.15) is 10.4 Å². The van der Waals surface area contributed by atoms with Crippen molar-refractivity contribution in [3.05, 3.63) is 100 Å². The lowest BCUT2D eigenvalue weighted by Gasteiger charge is -2.20. The highest BCUT2D eigenvalue weighted by atomic mass is 35.5. The van der Waals surface area contributed by atoms with Crippen LogP contribution in [-0.2, 0) is 11.2 Å². The van der Waals surface area contributed by atoms with Crippen LogP contribution in [0.25, 0.3) is 11.3 Å². The van der Waals surface area contributed by atoms with E-state index >= 15 is 0 Å². The Labute approximate surface area is 179 Å². The van der Waals surface area contributed by atoms with Crippen molar-refractivity contribution >= 4 is 39.7 Å². The molecule has 3 nitrogen and oxygen atoms in total. The molecule has 4 aromatic rings. The van der Waals surface area contributed by atoms with Gasteiger partial charge in [0.05, 0.1) is 17.8 Å². The zero-order valence-corrected chi connectivity index (χ0v) is 17.5. The molecule has 1 heterocycles. The van der Waals surface area contributed by atoms with Crippen molar-refractivity contribution < 1.29 is 4.79 Å². The van der Waals surface area contributed by atoms with E-state index in [0.29, 0.717) is 15.8 Å². The first-order valence-electron chi connectivity index (χ1n) is 9.27. The van der Waals surface area contributed by atoms with E-state index in [-0.39, 0.29) is 12.3 Å². The van der Waals surface area contributed by atoms with E-state index < -0.39 is 0 Å². The second-order valence-corrected chi connectivity index (χ2v) is 8.26. The highest BCUT2D eigenvalue weighted by Crippen LogP contribution is 2.36. The first-order chi connectivity index (χ1) is 14.1. The van der Waals surface area contributed by atoms with Gasteiger partial charge in [-0.15, -0.1) is 11.3 Å². The van der Waals surface area contributed by atoms with Crippen molar-refractivity contribution in [1.82, 2.24) is 4.98 Å². The molecule has 1 aromatic heterocycles. The maximum atomic E-state index is 13.3. The molecule has 0 saturated carbocycles. The molecule has 0 N–H and O–H groups in total. The number of thiazole rings is 1. The molecule has 0 radical (unpaired) electrons. The average Bonchev–Trinajstić information content (AvgIpc) is 3.10. The van der Waals surface area contributed by atoms with Crippen LogP contribution in [0, 0.1) is 6.92 Å². The van der Waals surface area contributed by atoms with Gasteiger partial charge in [-0.25, -0.2) is 4.98 Å². The third kappa shape index (κ3) is 4.39. The van der Waals surface area contributed by atoms with E-state index in [1.807, 2.05) is 79.7 Å². The number of aryl methyl sites for hydroxylation is 1.